The molecule has 0 aromatic heterocycles. The van der Waals surface area contributed by atoms with Crippen LogP contribution in [0.1, 0.15) is 27.7 Å². The van der Waals surface area contributed by atoms with Crippen LogP contribution in [0.3, 0.4) is 0 Å². The molecule has 0 aliphatic rings. The minimum atomic E-state index is -0.368. The van der Waals surface area contributed by atoms with E-state index in [2.05, 4.69) is 4.74 Å². The molecular weight excluding hydrogens is 172 g/mol. The molecule has 0 bridgehead atoms. The highest BCUT2D eigenvalue weighted by atomic mass is 16.5. The Morgan fingerprint density at radius 1 is 1.38 bits per heavy atom. The molecule has 0 saturated carbocycles. The van der Waals surface area contributed by atoms with Crippen molar-refractivity contribution in [1.82, 2.24) is 0 Å². The molecule has 0 aromatic carbocycles. The number of ether oxygens (including phenoxy) is 2. The Labute approximate surface area is 79.8 Å². The first-order valence-corrected chi connectivity index (χ1v) is 4.44. The van der Waals surface area contributed by atoms with E-state index in [1.54, 1.807) is 6.92 Å². The quantitative estimate of drug-likeness (QED) is 0.674. The Hall–Kier alpha value is -0.610. The maximum atomic E-state index is 10.1. The Bertz CT molecular complexity index is 112. The zero-order chi connectivity index (χ0) is 10.7. The lowest BCUT2D eigenvalue weighted by Gasteiger charge is -2.05. The van der Waals surface area contributed by atoms with Crippen LogP contribution in [-0.2, 0) is 14.3 Å². The molecular formula is C9H20O4. The Morgan fingerprint density at radius 3 is 1.92 bits per heavy atom. The van der Waals surface area contributed by atoms with E-state index in [1.807, 2.05) is 13.8 Å². The standard InChI is InChI=1S/C5H10O3.C4H10O/c1-4(3-6)8-5(2)7;1-3-5-4-2/h4,6H,3H2,1-2H3;3-4H2,1-2H3. The van der Waals surface area contributed by atoms with Crippen molar-refractivity contribution in [2.24, 2.45) is 0 Å². The van der Waals surface area contributed by atoms with Crippen LogP contribution in [-0.4, -0.2) is 37.0 Å². The van der Waals surface area contributed by atoms with Crippen LogP contribution in [0.25, 0.3) is 0 Å². The number of hydrogen-bond donors (Lipinski definition) is 1. The molecule has 0 heterocycles. The van der Waals surface area contributed by atoms with Gasteiger partial charge in [0.15, 0.2) is 0 Å². The van der Waals surface area contributed by atoms with Crippen molar-refractivity contribution in [3.63, 3.8) is 0 Å². The van der Waals surface area contributed by atoms with Gasteiger partial charge in [0.2, 0.25) is 0 Å². The molecule has 13 heavy (non-hydrogen) atoms. The molecule has 1 atom stereocenters. The fourth-order valence-corrected chi connectivity index (χ4v) is 0.525. The van der Waals surface area contributed by atoms with Gasteiger partial charge in [-0.3, -0.25) is 4.79 Å². The zero-order valence-electron chi connectivity index (χ0n) is 8.87. The fourth-order valence-electron chi connectivity index (χ4n) is 0.525. The van der Waals surface area contributed by atoms with Crippen LogP contribution in [0, 0.1) is 0 Å². The lowest BCUT2D eigenvalue weighted by Crippen LogP contribution is -2.15. The molecule has 0 spiro atoms. The zero-order valence-corrected chi connectivity index (χ0v) is 8.87. The van der Waals surface area contributed by atoms with Gasteiger partial charge in [-0.05, 0) is 20.8 Å². The largest absolute Gasteiger partial charge is 0.460 e. The first-order valence-electron chi connectivity index (χ1n) is 4.44. The van der Waals surface area contributed by atoms with Gasteiger partial charge in [-0.2, -0.15) is 0 Å². The summed E-state index contributed by atoms with van der Waals surface area (Å²) in [6.07, 6.45) is -0.368. The average Bonchev–Trinajstić information content (AvgIpc) is 2.06. The number of rotatable bonds is 4. The third-order valence-electron chi connectivity index (χ3n) is 1.03. The molecule has 0 aliphatic carbocycles. The topological polar surface area (TPSA) is 55.8 Å². The maximum absolute atomic E-state index is 10.1. The second-order valence-electron chi connectivity index (χ2n) is 2.38. The van der Waals surface area contributed by atoms with Crippen molar-refractivity contribution in [3.8, 4) is 0 Å². The first-order chi connectivity index (χ1) is 6.08. The van der Waals surface area contributed by atoms with Crippen molar-refractivity contribution in [1.29, 1.82) is 0 Å². The predicted molar refractivity (Wildman–Crippen MR) is 50.5 cm³/mol. The lowest BCUT2D eigenvalue weighted by atomic mass is 10.4. The molecule has 0 fully saturated rings. The summed E-state index contributed by atoms with van der Waals surface area (Å²) in [5, 5.41) is 8.31. The normalized spacial score (nSPS) is 11.2. The number of hydrogen-bond acceptors (Lipinski definition) is 4. The van der Waals surface area contributed by atoms with Gasteiger partial charge in [0.1, 0.15) is 6.10 Å². The van der Waals surface area contributed by atoms with Crippen molar-refractivity contribution >= 4 is 5.97 Å². The van der Waals surface area contributed by atoms with Crippen molar-refractivity contribution < 1.29 is 19.4 Å². The van der Waals surface area contributed by atoms with Gasteiger partial charge in [0, 0.05) is 20.1 Å². The third kappa shape index (κ3) is 18.4. The van der Waals surface area contributed by atoms with Gasteiger partial charge in [0.25, 0.3) is 0 Å². The second kappa shape index (κ2) is 11.4. The summed E-state index contributed by atoms with van der Waals surface area (Å²) in [6.45, 7) is 8.49. The van der Waals surface area contributed by atoms with Crippen molar-refractivity contribution in [2.75, 3.05) is 19.8 Å². The Morgan fingerprint density at radius 2 is 1.85 bits per heavy atom. The monoisotopic (exact) mass is 192 g/mol. The van der Waals surface area contributed by atoms with Gasteiger partial charge >= 0.3 is 5.97 Å². The van der Waals surface area contributed by atoms with Crippen LogP contribution in [0.2, 0.25) is 0 Å². The maximum Gasteiger partial charge on any atom is 0.302 e. The molecule has 0 amide bonds. The van der Waals surface area contributed by atoms with Gasteiger partial charge < -0.3 is 14.6 Å². The van der Waals surface area contributed by atoms with Crippen LogP contribution < -0.4 is 0 Å². The second-order valence-corrected chi connectivity index (χ2v) is 2.38. The van der Waals surface area contributed by atoms with E-state index in [-0.39, 0.29) is 18.7 Å². The highest BCUT2D eigenvalue weighted by Gasteiger charge is 2.00. The van der Waals surface area contributed by atoms with E-state index in [0.717, 1.165) is 13.2 Å². The van der Waals surface area contributed by atoms with Gasteiger partial charge in [-0.15, -0.1) is 0 Å². The Balaban J connectivity index is 0. The van der Waals surface area contributed by atoms with Gasteiger partial charge in [-0.25, -0.2) is 0 Å². The molecule has 4 nitrogen and oxygen atoms in total. The summed E-state index contributed by atoms with van der Waals surface area (Å²) in [6, 6.07) is 0. The van der Waals surface area contributed by atoms with E-state index >= 15 is 0 Å². The number of aliphatic hydroxyl groups is 1. The summed E-state index contributed by atoms with van der Waals surface area (Å²) in [4.78, 5) is 10.1. The number of esters is 1. The average molecular weight is 192 g/mol. The summed E-state index contributed by atoms with van der Waals surface area (Å²) < 4.78 is 9.34. The fraction of sp³-hybridized carbons (Fsp3) is 0.889. The number of carbonyl (C=O) groups excluding carboxylic acids is 1. The summed E-state index contributed by atoms with van der Waals surface area (Å²) >= 11 is 0. The van der Waals surface area contributed by atoms with E-state index < -0.39 is 0 Å². The lowest BCUT2D eigenvalue weighted by molar-refractivity contribution is -0.147. The summed E-state index contributed by atoms with van der Waals surface area (Å²) in [5.74, 6) is -0.355. The van der Waals surface area contributed by atoms with E-state index in [1.165, 1.54) is 6.92 Å². The molecule has 1 unspecified atom stereocenters. The first kappa shape index (κ1) is 14.9. The molecule has 0 aromatic rings. The minimum absolute atomic E-state index is 0.112. The minimum Gasteiger partial charge on any atom is -0.460 e. The molecule has 1 N–H and O–H groups in total. The van der Waals surface area contributed by atoms with Crippen LogP contribution in [0.4, 0.5) is 0 Å². The molecule has 4 heteroatoms. The highest BCUT2D eigenvalue weighted by molar-refractivity contribution is 5.66. The van der Waals surface area contributed by atoms with Crippen LogP contribution in [0.15, 0.2) is 0 Å². The summed E-state index contributed by atoms with van der Waals surface area (Å²) in [7, 11) is 0. The van der Waals surface area contributed by atoms with E-state index in [4.69, 9.17) is 9.84 Å². The van der Waals surface area contributed by atoms with Crippen molar-refractivity contribution in [3.05, 3.63) is 0 Å². The van der Waals surface area contributed by atoms with Crippen molar-refractivity contribution in [2.45, 2.75) is 33.8 Å². The Kier molecular flexibility index (Phi) is 13.0. The molecule has 80 valence electrons. The molecule has 0 aliphatic heterocycles. The molecule has 0 saturated heterocycles. The third-order valence-corrected chi connectivity index (χ3v) is 1.03. The van der Waals surface area contributed by atoms with E-state index in [9.17, 15) is 4.79 Å². The summed E-state index contributed by atoms with van der Waals surface area (Å²) in [5.41, 5.74) is 0. The van der Waals surface area contributed by atoms with Gasteiger partial charge in [0.05, 0.1) is 6.61 Å². The highest BCUT2D eigenvalue weighted by Crippen LogP contribution is 1.86. The SMILES string of the molecule is CC(=O)OC(C)CO.CCOCC. The van der Waals surface area contributed by atoms with Gasteiger partial charge in [-0.1, -0.05) is 0 Å². The molecule has 0 radical (unpaired) electrons. The number of aliphatic hydroxyl groups excluding tert-OH is 1. The predicted octanol–water partition coefficient (Wildman–Crippen LogP) is 0.973. The van der Waals surface area contributed by atoms with E-state index in [0.29, 0.717) is 0 Å². The van der Waals surface area contributed by atoms with Crippen LogP contribution in [0.5, 0.6) is 0 Å². The smallest absolute Gasteiger partial charge is 0.302 e. The molecule has 0 rings (SSSR count). The van der Waals surface area contributed by atoms with Crippen LogP contribution >= 0.6 is 0 Å². The number of carbonyl (C=O) groups is 1.